The van der Waals surface area contributed by atoms with E-state index in [-0.39, 0.29) is 17.9 Å². The predicted octanol–water partition coefficient (Wildman–Crippen LogP) is 1.13. The molecule has 1 saturated heterocycles. The number of piperidine rings is 1. The highest BCUT2D eigenvalue weighted by molar-refractivity contribution is 5.97. The average molecular weight is 261 g/mol. The second-order valence-electron chi connectivity index (χ2n) is 4.65. The number of nitrogens with one attached hydrogen (secondary N) is 3. The molecule has 0 radical (unpaired) electrons. The molecule has 2 amide bonds. The lowest BCUT2D eigenvalue weighted by Gasteiger charge is -2.22. The van der Waals surface area contributed by atoms with E-state index in [9.17, 15) is 9.59 Å². The van der Waals surface area contributed by atoms with Gasteiger partial charge in [0.05, 0.1) is 6.04 Å². The molecular weight excluding hydrogens is 242 g/mol. The summed E-state index contributed by atoms with van der Waals surface area (Å²) in [5.41, 5.74) is 1.29. The van der Waals surface area contributed by atoms with Gasteiger partial charge in [0.2, 0.25) is 5.91 Å². The largest absolute Gasteiger partial charge is 0.355 e. The molecule has 3 N–H and O–H groups in total. The van der Waals surface area contributed by atoms with E-state index in [0.717, 1.165) is 25.8 Å². The first-order valence-corrected chi connectivity index (χ1v) is 6.57. The van der Waals surface area contributed by atoms with Gasteiger partial charge in [0.25, 0.3) is 5.91 Å². The molecule has 1 aliphatic rings. The summed E-state index contributed by atoms with van der Waals surface area (Å²) in [6.07, 6.45) is 3.09. The zero-order chi connectivity index (χ0) is 13.7. The SMILES string of the molecule is CNC(=O)c1ccc(NC(=O)[C@H]2CCCCN2)cc1. The van der Waals surface area contributed by atoms with E-state index in [0.29, 0.717) is 11.3 Å². The Morgan fingerprint density at radius 2 is 1.95 bits per heavy atom. The molecule has 0 spiro atoms. The van der Waals surface area contributed by atoms with Crippen molar-refractivity contribution in [3.05, 3.63) is 29.8 Å². The van der Waals surface area contributed by atoms with Crippen LogP contribution in [0.3, 0.4) is 0 Å². The first-order valence-electron chi connectivity index (χ1n) is 6.57. The zero-order valence-electron chi connectivity index (χ0n) is 11.0. The maximum absolute atomic E-state index is 12.0. The van der Waals surface area contributed by atoms with E-state index in [4.69, 9.17) is 0 Å². The topological polar surface area (TPSA) is 70.2 Å². The third-order valence-corrected chi connectivity index (χ3v) is 3.27. The molecular formula is C14H19N3O2. The minimum atomic E-state index is -0.133. The van der Waals surface area contributed by atoms with Crippen molar-refractivity contribution in [3.8, 4) is 0 Å². The Balaban J connectivity index is 1.95. The highest BCUT2D eigenvalue weighted by atomic mass is 16.2. The van der Waals surface area contributed by atoms with E-state index >= 15 is 0 Å². The normalized spacial score (nSPS) is 18.7. The fourth-order valence-electron chi connectivity index (χ4n) is 2.15. The van der Waals surface area contributed by atoms with E-state index in [1.54, 1.807) is 31.3 Å². The summed E-state index contributed by atoms with van der Waals surface area (Å²) in [4.78, 5) is 23.4. The molecule has 1 fully saturated rings. The van der Waals surface area contributed by atoms with E-state index < -0.39 is 0 Å². The van der Waals surface area contributed by atoms with Crippen LogP contribution in [-0.4, -0.2) is 31.4 Å². The van der Waals surface area contributed by atoms with Gasteiger partial charge >= 0.3 is 0 Å². The lowest BCUT2D eigenvalue weighted by atomic mass is 10.0. The Labute approximate surface area is 112 Å². The number of hydrogen-bond donors (Lipinski definition) is 3. The highest BCUT2D eigenvalue weighted by Gasteiger charge is 2.20. The summed E-state index contributed by atoms with van der Waals surface area (Å²) in [6, 6.07) is 6.77. The van der Waals surface area contributed by atoms with Crippen molar-refractivity contribution in [3.63, 3.8) is 0 Å². The Morgan fingerprint density at radius 3 is 2.53 bits per heavy atom. The number of carbonyl (C=O) groups is 2. The molecule has 1 atom stereocenters. The Kier molecular flexibility index (Phi) is 4.52. The molecule has 2 rings (SSSR count). The molecule has 0 bridgehead atoms. The quantitative estimate of drug-likeness (QED) is 0.764. The first-order chi connectivity index (χ1) is 9.20. The van der Waals surface area contributed by atoms with Crippen molar-refractivity contribution in [2.75, 3.05) is 18.9 Å². The van der Waals surface area contributed by atoms with Crippen LogP contribution in [0, 0.1) is 0 Å². The van der Waals surface area contributed by atoms with Crippen LogP contribution in [0.5, 0.6) is 0 Å². The lowest BCUT2D eigenvalue weighted by molar-refractivity contribution is -0.118. The smallest absolute Gasteiger partial charge is 0.251 e. The zero-order valence-corrected chi connectivity index (χ0v) is 11.0. The molecule has 1 aromatic carbocycles. The van der Waals surface area contributed by atoms with Gasteiger partial charge < -0.3 is 16.0 Å². The van der Waals surface area contributed by atoms with Gasteiger partial charge in [-0.15, -0.1) is 0 Å². The summed E-state index contributed by atoms with van der Waals surface area (Å²) in [5, 5.41) is 8.62. The standard InChI is InChI=1S/C14H19N3O2/c1-15-13(18)10-5-7-11(8-6-10)17-14(19)12-4-2-3-9-16-12/h5-8,12,16H,2-4,9H2,1H3,(H,15,18)(H,17,19)/t12-/m1/s1. The van der Waals surface area contributed by atoms with Crippen molar-refractivity contribution in [2.24, 2.45) is 0 Å². The summed E-state index contributed by atoms with van der Waals surface area (Å²) >= 11 is 0. The predicted molar refractivity (Wildman–Crippen MR) is 74.1 cm³/mol. The van der Waals surface area contributed by atoms with E-state index in [1.165, 1.54) is 0 Å². The van der Waals surface area contributed by atoms with Crippen LogP contribution < -0.4 is 16.0 Å². The first kappa shape index (κ1) is 13.5. The van der Waals surface area contributed by atoms with Crippen LogP contribution in [0.4, 0.5) is 5.69 Å². The molecule has 0 aliphatic carbocycles. The number of benzene rings is 1. The second-order valence-corrected chi connectivity index (χ2v) is 4.65. The van der Waals surface area contributed by atoms with Crippen molar-refractivity contribution < 1.29 is 9.59 Å². The average Bonchev–Trinajstić information content (AvgIpc) is 2.48. The number of anilines is 1. The van der Waals surface area contributed by atoms with Crippen molar-refractivity contribution in [1.82, 2.24) is 10.6 Å². The molecule has 5 nitrogen and oxygen atoms in total. The van der Waals surface area contributed by atoms with Crippen LogP contribution in [-0.2, 0) is 4.79 Å². The summed E-state index contributed by atoms with van der Waals surface area (Å²) in [7, 11) is 1.59. The molecule has 1 heterocycles. The van der Waals surface area contributed by atoms with Gasteiger partial charge in [0.1, 0.15) is 0 Å². The van der Waals surface area contributed by atoms with Gasteiger partial charge in [-0.1, -0.05) is 6.42 Å². The van der Waals surface area contributed by atoms with Crippen LogP contribution >= 0.6 is 0 Å². The van der Waals surface area contributed by atoms with Crippen LogP contribution in [0.1, 0.15) is 29.6 Å². The maximum Gasteiger partial charge on any atom is 0.251 e. The van der Waals surface area contributed by atoms with Gasteiger partial charge in [-0.2, -0.15) is 0 Å². The minimum Gasteiger partial charge on any atom is -0.355 e. The van der Waals surface area contributed by atoms with Crippen molar-refractivity contribution in [1.29, 1.82) is 0 Å². The van der Waals surface area contributed by atoms with Crippen LogP contribution in [0.15, 0.2) is 24.3 Å². The number of rotatable bonds is 3. The van der Waals surface area contributed by atoms with Crippen molar-refractivity contribution >= 4 is 17.5 Å². The van der Waals surface area contributed by atoms with Gasteiger partial charge in [-0.25, -0.2) is 0 Å². The molecule has 0 aromatic heterocycles. The van der Waals surface area contributed by atoms with Gasteiger partial charge in [-0.05, 0) is 43.7 Å². The summed E-state index contributed by atoms with van der Waals surface area (Å²) in [6.45, 7) is 0.897. The number of carbonyl (C=O) groups excluding carboxylic acids is 2. The Hall–Kier alpha value is -1.88. The number of hydrogen-bond acceptors (Lipinski definition) is 3. The fraction of sp³-hybridized carbons (Fsp3) is 0.429. The fourth-order valence-corrected chi connectivity index (χ4v) is 2.15. The molecule has 19 heavy (non-hydrogen) atoms. The molecule has 0 saturated carbocycles. The van der Waals surface area contributed by atoms with Gasteiger partial charge in [0, 0.05) is 18.3 Å². The molecule has 1 aliphatic heterocycles. The Bertz CT molecular complexity index is 450. The second kappa shape index (κ2) is 6.33. The molecule has 1 aromatic rings. The minimum absolute atomic E-state index is 0.00704. The summed E-state index contributed by atoms with van der Waals surface area (Å²) in [5.74, 6) is -0.140. The summed E-state index contributed by atoms with van der Waals surface area (Å²) < 4.78 is 0. The van der Waals surface area contributed by atoms with Crippen molar-refractivity contribution in [2.45, 2.75) is 25.3 Å². The van der Waals surface area contributed by atoms with E-state index in [2.05, 4.69) is 16.0 Å². The lowest BCUT2D eigenvalue weighted by Crippen LogP contribution is -2.43. The Morgan fingerprint density at radius 1 is 1.21 bits per heavy atom. The molecule has 102 valence electrons. The monoisotopic (exact) mass is 261 g/mol. The van der Waals surface area contributed by atoms with Crippen LogP contribution in [0.2, 0.25) is 0 Å². The van der Waals surface area contributed by atoms with Gasteiger partial charge in [0.15, 0.2) is 0 Å². The van der Waals surface area contributed by atoms with Crippen LogP contribution in [0.25, 0.3) is 0 Å². The third-order valence-electron chi connectivity index (χ3n) is 3.27. The molecule has 0 unspecified atom stereocenters. The third kappa shape index (κ3) is 3.54. The maximum atomic E-state index is 12.0. The van der Waals surface area contributed by atoms with Gasteiger partial charge in [-0.3, -0.25) is 9.59 Å². The molecule has 5 heteroatoms. The van der Waals surface area contributed by atoms with E-state index in [1.807, 2.05) is 0 Å². The highest BCUT2D eigenvalue weighted by Crippen LogP contribution is 2.12. The number of amides is 2.